The quantitative estimate of drug-likeness (QED) is 0.770. The van der Waals surface area contributed by atoms with E-state index in [2.05, 4.69) is 0 Å². The summed E-state index contributed by atoms with van der Waals surface area (Å²) in [5, 5.41) is 0. The van der Waals surface area contributed by atoms with Gasteiger partial charge in [0.25, 0.3) is 0 Å². The van der Waals surface area contributed by atoms with Crippen LogP contribution in [0.15, 0.2) is 24.3 Å². The molecule has 1 heterocycles. The Morgan fingerprint density at radius 3 is 2.47 bits per heavy atom. The van der Waals surface area contributed by atoms with Gasteiger partial charge in [-0.25, -0.2) is 4.79 Å². The first-order chi connectivity index (χ1) is 9.00. The van der Waals surface area contributed by atoms with Crippen molar-refractivity contribution in [2.24, 2.45) is 0 Å². The summed E-state index contributed by atoms with van der Waals surface area (Å²) in [5.74, 6) is -0.0417. The summed E-state index contributed by atoms with van der Waals surface area (Å²) in [5.41, 5.74) is 2.15. The molecule has 2 atom stereocenters. The molecule has 1 fully saturated rings. The second kappa shape index (κ2) is 5.13. The Kier molecular flexibility index (Phi) is 3.71. The van der Waals surface area contributed by atoms with E-state index in [-0.39, 0.29) is 16.4 Å². The summed E-state index contributed by atoms with van der Waals surface area (Å²) >= 11 is 0. The van der Waals surface area contributed by atoms with Crippen LogP contribution in [0.5, 0.6) is 0 Å². The number of carbonyl (C=O) groups is 2. The minimum atomic E-state index is -0.449. The van der Waals surface area contributed by atoms with E-state index in [0.29, 0.717) is 13.0 Å². The molecule has 0 spiro atoms. The average molecular weight is 262 g/mol. The molecule has 19 heavy (non-hydrogen) atoms. The third kappa shape index (κ3) is 2.28. The third-order valence-electron chi connectivity index (χ3n) is 4.03. The van der Waals surface area contributed by atoms with Crippen LogP contribution in [0.3, 0.4) is 0 Å². The van der Waals surface area contributed by atoms with Crippen molar-refractivity contribution in [1.29, 1.82) is 0 Å². The molecule has 0 saturated carbocycles. The molecule has 0 N–H and O–H groups in total. The van der Waals surface area contributed by atoms with Gasteiger partial charge < -0.3 is 4.74 Å². The van der Waals surface area contributed by atoms with Gasteiger partial charge in [-0.05, 0) is 13.8 Å². The monoisotopic (exact) mass is 262 g/mol. The predicted molar refractivity (Wildman–Crippen MR) is 71.3 cm³/mol. The second-order valence-electron chi connectivity index (χ2n) is 5.26. The van der Waals surface area contributed by atoms with Gasteiger partial charge in [0.05, 0.1) is 13.5 Å². The molecule has 0 bridgehead atoms. The summed E-state index contributed by atoms with van der Waals surface area (Å²) in [4.78, 5) is 24.4. The van der Waals surface area contributed by atoms with E-state index in [4.69, 9.17) is 4.74 Å². The van der Waals surface area contributed by atoms with E-state index in [1.165, 1.54) is 7.11 Å². The fourth-order valence-corrected chi connectivity index (χ4v) is 2.73. The van der Waals surface area contributed by atoms with Gasteiger partial charge in [0, 0.05) is 12.0 Å². The molecule has 1 aromatic rings. The molecule has 102 valence electrons. The van der Waals surface area contributed by atoms with E-state index in [0.717, 1.165) is 17.5 Å². The highest BCUT2D eigenvalue weighted by atomic mass is 16.5. The molecule has 0 radical (unpaired) electrons. The predicted octanol–water partition coefficient (Wildman–Crippen LogP) is 2.79. The lowest BCUT2D eigenvalue weighted by molar-refractivity contribution is -0.811. The van der Waals surface area contributed by atoms with Gasteiger partial charge in [-0.15, -0.1) is 0 Å². The van der Waals surface area contributed by atoms with Crippen molar-refractivity contribution in [3.63, 3.8) is 0 Å². The van der Waals surface area contributed by atoms with Crippen LogP contribution in [-0.4, -0.2) is 29.6 Å². The molecule has 1 unspecified atom stereocenters. The van der Waals surface area contributed by atoms with Crippen LogP contribution in [-0.2, 0) is 16.1 Å². The zero-order valence-electron chi connectivity index (χ0n) is 11.7. The van der Waals surface area contributed by atoms with Crippen LogP contribution in [0.2, 0.25) is 0 Å². The van der Waals surface area contributed by atoms with E-state index in [1.54, 1.807) is 0 Å². The first kappa shape index (κ1) is 13.7. The van der Waals surface area contributed by atoms with E-state index in [9.17, 15) is 9.59 Å². The standard InChI is InChI=1S/C15H20NO3/c1-11-4-7-13(8-5-11)10-16(15(18)19-3)12(2)6-9-14(16)17/h4-5,7-8,12H,6,9-10H2,1-3H3/q+1/t12-,16?/m1/s1. The Morgan fingerprint density at radius 1 is 1.37 bits per heavy atom. The molecule has 0 aromatic heterocycles. The maximum Gasteiger partial charge on any atom is 0.523 e. The maximum absolute atomic E-state index is 12.2. The molecular weight excluding hydrogens is 242 g/mol. The van der Waals surface area contributed by atoms with E-state index >= 15 is 0 Å². The topological polar surface area (TPSA) is 43.4 Å². The SMILES string of the molecule is COC(=O)[N+]1(Cc2ccc(C)cc2)C(=O)CC[C@H]1C. The lowest BCUT2D eigenvalue weighted by Crippen LogP contribution is -2.57. The van der Waals surface area contributed by atoms with Crippen molar-refractivity contribution >= 4 is 12.0 Å². The number of hydrogen-bond donors (Lipinski definition) is 0. The van der Waals surface area contributed by atoms with Gasteiger partial charge >= 0.3 is 12.0 Å². The Morgan fingerprint density at radius 2 is 2.00 bits per heavy atom. The van der Waals surface area contributed by atoms with Crippen molar-refractivity contribution in [2.45, 2.75) is 39.3 Å². The average Bonchev–Trinajstić information content (AvgIpc) is 2.69. The van der Waals surface area contributed by atoms with Crippen LogP contribution >= 0.6 is 0 Å². The molecule has 1 saturated heterocycles. The van der Waals surface area contributed by atoms with Crippen LogP contribution in [0.25, 0.3) is 0 Å². The summed E-state index contributed by atoms with van der Waals surface area (Å²) in [6, 6.07) is 7.90. The Balaban J connectivity index is 2.36. The summed E-state index contributed by atoms with van der Waals surface area (Å²) in [7, 11) is 1.34. The Hall–Kier alpha value is -1.68. The smallest absolute Gasteiger partial charge is 0.423 e. The third-order valence-corrected chi connectivity index (χ3v) is 4.03. The number of imide groups is 1. The van der Waals surface area contributed by atoms with Crippen molar-refractivity contribution in [3.05, 3.63) is 35.4 Å². The van der Waals surface area contributed by atoms with Crippen molar-refractivity contribution in [1.82, 2.24) is 0 Å². The number of ether oxygens (including phenoxy) is 1. The maximum atomic E-state index is 12.2. The second-order valence-corrected chi connectivity index (χ2v) is 5.26. The number of hydrogen-bond acceptors (Lipinski definition) is 3. The van der Waals surface area contributed by atoms with E-state index < -0.39 is 6.09 Å². The van der Waals surface area contributed by atoms with Gasteiger partial charge in [-0.3, -0.25) is 0 Å². The number of nitrogens with zero attached hydrogens (tertiary/aromatic N) is 1. The summed E-state index contributed by atoms with van der Waals surface area (Å²) < 4.78 is 4.68. The normalized spacial score (nSPS) is 26.5. The number of likely N-dealkylation sites (tertiary alicyclic amines) is 1. The minimum absolute atomic E-state index is 0.0266. The zero-order chi connectivity index (χ0) is 14.0. The van der Waals surface area contributed by atoms with Crippen molar-refractivity contribution in [2.75, 3.05) is 7.11 Å². The van der Waals surface area contributed by atoms with Gasteiger partial charge in [-0.2, -0.15) is 9.28 Å². The molecule has 1 aliphatic rings. The highest BCUT2D eigenvalue weighted by Crippen LogP contribution is 2.32. The number of methoxy groups -OCH3 is 1. The highest BCUT2D eigenvalue weighted by molar-refractivity contribution is 5.82. The number of amides is 2. The first-order valence-corrected chi connectivity index (χ1v) is 6.56. The van der Waals surface area contributed by atoms with Crippen LogP contribution in [0.1, 0.15) is 30.9 Å². The molecule has 2 amide bonds. The fourth-order valence-electron chi connectivity index (χ4n) is 2.73. The lowest BCUT2D eigenvalue weighted by atomic mass is 10.1. The Bertz CT molecular complexity index is 495. The zero-order valence-corrected chi connectivity index (χ0v) is 11.7. The lowest BCUT2D eigenvalue weighted by Gasteiger charge is -2.31. The van der Waals surface area contributed by atoms with Crippen molar-refractivity contribution in [3.8, 4) is 0 Å². The fraction of sp³-hybridized carbons (Fsp3) is 0.467. The largest absolute Gasteiger partial charge is 0.523 e. The van der Waals surface area contributed by atoms with Gasteiger partial charge in [-0.1, -0.05) is 29.8 Å². The van der Waals surface area contributed by atoms with Crippen LogP contribution in [0, 0.1) is 6.92 Å². The molecule has 4 nitrogen and oxygen atoms in total. The number of carbonyl (C=O) groups excluding carboxylic acids is 2. The molecule has 1 aliphatic heterocycles. The number of aryl methyl sites for hydroxylation is 1. The van der Waals surface area contributed by atoms with E-state index in [1.807, 2.05) is 38.1 Å². The highest BCUT2D eigenvalue weighted by Gasteiger charge is 2.54. The van der Waals surface area contributed by atoms with Gasteiger partial charge in [0.15, 0.2) is 0 Å². The van der Waals surface area contributed by atoms with Crippen molar-refractivity contribution < 1.29 is 18.8 Å². The summed E-state index contributed by atoms with van der Waals surface area (Å²) in [6.45, 7) is 4.33. The van der Waals surface area contributed by atoms with Crippen LogP contribution < -0.4 is 0 Å². The number of benzene rings is 1. The van der Waals surface area contributed by atoms with Gasteiger partial charge in [0.1, 0.15) is 12.6 Å². The van der Waals surface area contributed by atoms with Crippen LogP contribution in [0.4, 0.5) is 4.79 Å². The Labute approximate surface area is 113 Å². The van der Waals surface area contributed by atoms with Gasteiger partial charge in [0.2, 0.25) is 0 Å². The molecule has 1 aromatic carbocycles. The first-order valence-electron chi connectivity index (χ1n) is 6.56. The number of quaternary nitrogens is 1. The summed E-state index contributed by atoms with van der Waals surface area (Å²) in [6.07, 6.45) is 0.734. The molecule has 4 heteroatoms. The number of rotatable bonds is 2. The molecule has 2 rings (SSSR count). The molecular formula is C15H20NO3+. The molecule has 0 aliphatic carbocycles. The minimum Gasteiger partial charge on any atom is -0.423 e.